The highest BCUT2D eigenvalue weighted by atomic mass is 16.5. The van der Waals surface area contributed by atoms with Gasteiger partial charge in [-0.05, 0) is 49.0 Å². The lowest BCUT2D eigenvalue weighted by molar-refractivity contribution is 0.221. The Morgan fingerprint density at radius 1 is 1.33 bits per heavy atom. The summed E-state index contributed by atoms with van der Waals surface area (Å²) in [5.41, 5.74) is 8.72. The van der Waals surface area contributed by atoms with Gasteiger partial charge in [0.1, 0.15) is 5.75 Å². The number of methoxy groups -OCH3 is 1. The Balaban J connectivity index is 1.84. The molecular weight excluding hydrogens is 226 g/mol. The first-order chi connectivity index (χ1) is 8.79. The molecule has 98 valence electrons. The molecule has 0 radical (unpaired) electrons. The summed E-state index contributed by atoms with van der Waals surface area (Å²) in [6.45, 7) is 0.828. The molecule has 3 nitrogen and oxygen atoms in total. The second kappa shape index (κ2) is 6.45. The van der Waals surface area contributed by atoms with E-state index in [1.807, 2.05) is 18.4 Å². The molecule has 1 aromatic rings. The fraction of sp³-hybridized carbons (Fsp3) is 0.467. The topological polar surface area (TPSA) is 44.5 Å². The number of ether oxygens (including phenoxy) is 2. The van der Waals surface area contributed by atoms with Crippen molar-refractivity contribution in [3.05, 3.63) is 41.7 Å². The van der Waals surface area contributed by atoms with Crippen LogP contribution in [0.1, 0.15) is 24.8 Å². The minimum Gasteiger partial charge on any atom is -0.501 e. The molecule has 0 spiro atoms. The van der Waals surface area contributed by atoms with Crippen LogP contribution in [0, 0.1) is 0 Å². The maximum atomic E-state index is 6.18. The van der Waals surface area contributed by atoms with Gasteiger partial charge in [-0.15, -0.1) is 0 Å². The summed E-state index contributed by atoms with van der Waals surface area (Å²) >= 11 is 0. The Morgan fingerprint density at radius 2 is 2.11 bits per heavy atom. The van der Waals surface area contributed by atoms with Crippen molar-refractivity contribution in [2.75, 3.05) is 13.7 Å². The maximum absolute atomic E-state index is 6.18. The van der Waals surface area contributed by atoms with Crippen LogP contribution in [-0.4, -0.2) is 19.8 Å². The van der Waals surface area contributed by atoms with Crippen LogP contribution in [-0.2, 0) is 11.2 Å². The van der Waals surface area contributed by atoms with E-state index in [0.29, 0.717) is 0 Å². The van der Waals surface area contributed by atoms with Crippen LogP contribution >= 0.6 is 0 Å². The maximum Gasteiger partial charge on any atom is 0.118 e. The average molecular weight is 247 g/mol. The molecule has 1 atom stereocenters. The van der Waals surface area contributed by atoms with Gasteiger partial charge in [0.15, 0.2) is 0 Å². The van der Waals surface area contributed by atoms with Gasteiger partial charge in [0.05, 0.1) is 20.0 Å². The molecule has 0 bridgehead atoms. The molecule has 0 saturated carbocycles. The molecule has 2 rings (SSSR count). The number of aryl methyl sites for hydroxylation is 1. The van der Waals surface area contributed by atoms with E-state index in [1.165, 1.54) is 11.1 Å². The lowest BCUT2D eigenvalue weighted by Gasteiger charge is -2.19. The first kappa shape index (κ1) is 13.0. The second-order valence-corrected chi connectivity index (χ2v) is 4.66. The van der Waals surface area contributed by atoms with Crippen molar-refractivity contribution in [1.29, 1.82) is 0 Å². The molecule has 1 unspecified atom stereocenters. The molecule has 1 heterocycles. The number of rotatable bonds is 5. The van der Waals surface area contributed by atoms with E-state index in [4.69, 9.17) is 15.2 Å². The van der Waals surface area contributed by atoms with Crippen molar-refractivity contribution >= 4 is 0 Å². The van der Waals surface area contributed by atoms with Gasteiger partial charge in [-0.25, -0.2) is 0 Å². The summed E-state index contributed by atoms with van der Waals surface area (Å²) in [4.78, 5) is 0. The van der Waals surface area contributed by atoms with Crippen molar-refractivity contribution < 1.29 is 9.47 Å². The van der Waals surface area contributed by atoms with Crippen LogP contribution in [0.25, 0.3) is 0 Å². The van der Waals surface area contributed by atoms with E-state index in [2.05, 4.69) is 12.1 Å². The first-order valence-electron chi connectivity index (χ1n) is 6.48. The first-order valence-corrected chi connectivity index (χ1v) is 6.48. The molecule has 2 N–H and O–H groups in total. The van der Waals surface area contributed by atoms with Gasteiger partial charge < -0.3 is 15.2 Å². The molecule has 3 heteroatoms. The molecule has 1 aromatic carbocycles. The minimum absolute atomic E-state index is 0.118. The Kier molecular flexibility index (Phi) is 4.65. The lowest BCUT2D eigenvalue weighted by atomic mass is 9.97. The van der Waals surface area contributed by atoms with Crippen molar-refractivity contribution in [2.24, 2.45) is 5.73 Å². The lowest BCUT2D eigenvalue weighted by Crippen LogP contribution is -2.25. The summed E-state index contributed by atoms with van der Waals surface area (Å²) in [6.07, 6.45) is 5.96. The van der Waals surface area contributed by atoms with Crippen molar-refractivity contribution in [2.45, 2.75) is 31.7 Å². The van der Waals surface area contributed by atoms with E-state index in [1.54, 1.807) is 7.11 Å². The summed E-state index contributed by atoms with van der Waals surface area (Å²) < 4.78 is 10.5. The van der Waals surface area contributed by atoms with Gasteiger partial charge in [0.2, 0.25) is 0 Å². The monoisotopic (exact) mass is 247 g/mol. The summed E-state index contributed by atoms with van der Waals surface area (Å²) in [5.74, 6) is 0.895. The van der Waals surface area contributed by atoms with E-state index in [9.17, 15) is 0 Å². The average Bonchev–Trinajstić information content (AvgIpc) is 2.46. The van der Waals surface area contributed by atoms with Gasteiger partial charge in [-0.3, -0.25) is 0 Å². The Labute approximate surface area is 109 Å². The number of hydrogen-bond donors (Lipinski definition) is 1. The van der Waals surface area contributed by atoms with Crippen LogP contribution in [0.15, 0.2) is 36.1 Å². The Morgan fingerprint density at radius 3 is 2.72 bits per heavy atom. The zero-order valence-corrected chi connectivity index (χ0v) is 10.9. The second-order valence-electron chi connectivity index (χ2n) is 4.66. The zero-order valence-electron chi connectivity index (χ0n) is 10.9. The summed E-state index contributed by atoms with van der Waals surface area (Å²) in [6, 6.07) is 8.29. The molecule has 0 aliphatic carbocycles. The highest BCUT2D eigenvalue weighted by molar-refractivity contribution is 5.27. The summed E-state index contributed by atoms with van der Waals surface area (Å²) in [7, 11) is 1.68. The van der Waals surface area contributed by atoms with Gasteiger partial charge in [0, 0.05) is 6.04 Å². The normalized spacial score (nSPS) is 16.7. The van der Waals surface area contributed by atoms with Gasteiger partial charge in [0.25, 0.3) is 0 Å². The Bertz CT molecular complexity index is 397. The largest absolute Gasteiger partial charge is 0.501 e. The number of hydrogen-bond acceptors (Lipinski definition) is 3. The van der Waals surface area contributed by atoms with Crippen LogP contribution in [0.3, 0.4) is 0 Å². The molecular formula is C15H21NO2. The van der Waals surface area contributed by atoms with Gasteiger partial charge in [-0.2, -0.15) is 0 Å². The molecule has 0 amide bonds. The molecule has 0 fully saturated rings. The highest BCUT2D eigenvalue weighted by Gasteiger charge is 2.12. The zero-order chi connectivity index (χ0) is 12.8. The molecule has 1 aliphatic rings. The third kappa shape index (κ3) is 3.50. The molecule has 18 heavy (non-hydrogen) atoms. The van der Waals surface area contributed by atoms with Gasteiger partial charge >= 0.3 is 0 Å². The van der Waals surface area contributed by atoms with E-state index in [0.717, 1.165) is 38.0 Å². The summed E-state index contributed by atoms with van der Waals surface area (Å²) in [5, 5.41) is 0. The van der Waals surface area contributed by atoms with E-state index >= 15 is 0 Å². The van der Waals surface area contributed by atoms with E-state index in [-0.39, 0.29) is 6.04 Å². The van der Waals surface area contributed by atoms with E-state index < -0.39 is 0 Å². The number of nitrogens with two attached hydrogens (primary N) is 1. The standard InChI is InChI=1S/C15H21NO2/c1-17-14-7-4-12(5-8-14)6-9-15(16)13-3-2-10-18-11-13/h4-5,7-8,11,15H,2-3,6,9-10,16H2,1H3. The van der Waals surface area contributed by atoms with Crippen LogP contribution in [0.4, 0.5) is 0 Å². The highest BCUT2D eigenvalue weighted by Crippen LogP contribution is 2.19. The fourth-order valence-electron chi connectivity index (χ4n) is 2.16. The third-order valence-electron chi connectivity index (χ3n) is 3.34. The minimum atomic E-state index is 0.118. The Hall–Kier alpha value is -1.48. The van der Waals surface area contributed by atoms with Crippen molar-refractivity contribution in [3.63, 3.8) is 0 Å². The van der Waals surface area contributed by atoms with Crippen LogP contribution in [0.5, 0.6) is 5.75 Å². The van der Waals surface area contributed by atoms with Crippen molar-refractivity contribution in [1.82, 2.24) is 0 Å². The molecule has 1 aliphatic heterocycles. The predicted octanol–water partition coefficient (Wildman–Crippen LogP) is 2.65. The van der Waals surface area contributed by atoms with Crippen molar-refractivity contribution in [3.8, 4) is 5.75 Å². The number of benzene rings is 1. The quantitative estimate of drug-likeness (QED) is 0.870. The van der Waals surface area contributed by atoms with Gasteiger partial charge in [-0.1, -0.05) is 12.1 Å². The molecule has 0 saturated heterocycles. The fourth-order valence-corrected chi connectivity index (χ4v) is 2.16. The SMILES string of the molecule is COc1ccc(CCC(N)C2=COCCC2)cc1. The van der Waals surface area contributed by atoms with Crippen LogP contribution in [0.2, 0.25) is 0 Å². The predicted molar refractivity (Wildman–Crippen MR) is 72.6 cm³/mol. The van der Waals surface area contributed by atoms with Crippen LogP contribution < -0.4 is 10.5 Å². The molecule has 0 aromatic heterocycles. The smallest absolute Gasteiger partial charge is 0.118 e. The third-order valence-corrected chi connectivity index (χ3v) is 3.34.